The highest BCUT2D eigenvalue weighted by Gasteiger charge is 2.05. The lowest BCUT2D eigenvalue weighted by Crippen LogP contribution is -2.23. The Kier molecular flexibility index (Phi) is 4.12. The summed E-state index contributed by atoms with van der Waals surface area (Å²) in [4.78, 5) is 8.10. The molecular weight excluding hydrogens is 262 g/mol. The molecule has 0 fully saturated rings. The third-order valence-electron chi connectivity index (χ3n) is 3.58. The van der Waals surface area contributed by atoms with Crippen molar-refractivity contribution in [2.45, 2.75) is 19.5 Å². The molecule has 0 bridgehead atoms. The van der Waals surface area contributed by atoms with E-state index in [9.17, 15) is 0 Å². The summed E-state index contributed by atoms with van der Waals surface area (Å²) in [7, 11) is 0. The lowest BCUT2D eigenvalue weighted by molar-refractivity contribution is 0.531. The van der Waals surface area contributed by atoms with Crippen molar-refractivity contribution in [2.24, 2.45) is 0 Å². The molecule has 0 amide bonds. The first-order chi connectivity index (χ1) is 10.3. The number of imidazole rings is 2. The van der Waals surface area contributed by atoms with Crippen LogP contribution < -0.4 is 5.32 Å². The van der Waals surface area contributed by atoms with Crippen LogP contribution in [0.15, 0.2) is 61.7 Å². The fourth-order valence-corrected chi connectivity index (χ4v) is 2.29. The van der Waals surface area contributed by atoms with Crippen molar-refractivity contribution >= 4 is 0 Å². The van der Waals surface area contributed by atoms with Crippen molar-refractivity contribution in [1.29, 1.82) is 0 Å². The van der Waals surface area contributed by atoms with Gasteiger partial charge in [0.25, 0.3) is 0 Å². The van der Waals surface area contributed by atoms with Crippen LogP contribution in [-0.4, -0.2) is 25.6 Å². The standard InChI is InChI=1S/C16H19N5/c1-14(19-8-10-20-9-6-17-12-20)15-2-4-16(5-3-15)21-11-7-18-13-21/h2-7,9,11-14,19H,8,10H2,1H3. The maximum Gasteiger partial charge on any atom is 0.0991 e. The van der Waals surface area contributed by atoms with Crippen molar-refractivity contribution < 1.29 is 0 Å². The Morgan fingerprint density at radius 1 is 1.05 bits per heavy atom. The normalized spacial score (nSPS) is 12.4. The van der Waals surface area contributed by atoms with Gasteiger partial charge in [0.15, 0.2) is 0 Å². The van der Waals surface area contributed by atoms with E-state index in [-0.39, 0.29) is 0 Å². The molecule has 0 aliphatic rings. The molecule has 0 aliphatic carbocycles. The number of hydrogen-bond acceptors (Lipinski definition) is 3. The lowest BCUT2D eigenvalue weighted by Gasteiger charge is -2.15. The van der Waals surface area contributed by atoms with Gasteiger partial charge in [0.1, 0.15) is 0 Å². The molecule has 2 heterocycles. The minimum absolute atomic E-state index is 0.324. The van der Waals surface area contributed by atoms with Crippen molar-refractivity contribution in [3.05, 3.63) is 67.3 Å². The van der Waals surface area contributed by atoms with Crippen LogP contribution in [0.2, 0.25) is 0 Å². The van der Waals surface area contributed by atoms with E-state index >= 15 is 0 Å². The maximum atomic E-state index is 4.06. The summed E-state index contributed by atoms with van der Waals surface area (Å²) in [6.07, 6.45) is 11.2. The molecule has 0 saturated heterocycles. The van der Waals surface area contributed by atoms with Gasteiger partial charge in [-0.25, -0.2) is 9.97 Å². The van der Waals surface area contributed by atoms with E-state index in [4.69, 9.17) is 0 Å². The van der Waals surface area contributed by atoms with Crippen LogP contribution in [0.3, 0.4) is 0 Å². The highest BCUT2D eigenvalue weighted by atomic mass is 15.0. The molecule has 3 rings (SSSR count). The zero-order chi connectivity index (χ0) is 14.5. The molecule has 0 aliphatic heterocycles. The molecule has 1 N–H and O–H groups in total. The second-order valence-electron chi connectivity index (χ2n) is 5.04. The molecule has 1 unspecified atom stereocenters. The van der Waals surface area contributed by atoms with Gasteiger partial charge in [-0.05, 0) is 24.6 Å². The van der Waals surface area contributed by atoms with Crippen molar-refractivity contribution in [3.63, 3.8) is 0 Å². The summed E-state index contributed by atoms with van der Waals surface area (Å²) in [6, 6.07) is 8.87. The quantitative estimate of drug-likeness (QED) is 0.755. The van der Waals surface area contributed by atoms with Crippen molar-refractivity contribution in [3.8, 4) is 5.69 Å². The van der Waals surface area contributed by atoms with E-state index in [0.717, 1.165) is 18.8 Å². The van der Waals surface area contributed by atoms with Gasteiger partial charge in [0.05, 0.1) is 12.7 Å². The fraction of sp³-hybridized carbons (Fsp3) is 0.250. The number of benzene rings is 1. The van der Waals surface area contributed by atoms with E-state index in [1.807, 2.05) is 29.6 Å². The Labute approximate surface area is 124 Å². The fourth-order valence-electron chi connectivity index (χ4n) is 2.29. The smallest absolute Gasteiger partial charge is 0.0991 e. The second-order valence-corrected chi connectivity index (χ2v) is 5.04. The molecule has 2 aromatic heterocycles. The highest BCUT2D eigenvalue weighted by molar-refractivity contribution is 5.35. The van der Waals surface area contributed by atoms with Crippen LogP contribution in [0, 0.1) is 0 Å². The minimum Gasteiger partial charge on any atom is -0.336 e. The molecule has 5 nitrogen and oxygen atoms in total. The van der Waals surface area contributed by atoms with Crippen LogP contribution >= 0.6 is 0 Å². The van der Waals surface area contributed by atoms with Crippen LogP contribution in [0.25, 0.3) is 5.69 Å². The van der Waals surface area contributed by atoms with Crippen LogP contribution in [0.5, 0.6) is 0 Å². The van der Waals surface area contributed by atoms with E-state index in [0.29, 0.717) is 6.04 Å². The summed E-state index contributed by atoms with van der Waals surface area (Å²) in [5.41, 5.74) is 2.41. The lowest BCUT2D eigenvalue weighted by atomic mass is 10.1. The molecule has 3 aromatic rings. The second kappa shape index (κ2) is 6.37. The van der Waals surface area contributed by atoms with Gasteiger partial charge in [0.2, 0.25) is 0 Å². The first-order valence-corrected chi connectivity index (χ1v) is 7.10. The van der Waals surface area contributed by atoms with E-state index in [1.165, 1.54) is 5.56 Å². The number of nitrogens with zero attached hydrogens (tertiary/aromatic N) is 4. The monoisotopic (exact) mass is 281 g/mol. The first kappa shape index (κ1) is 13.6. The summed E-state index contributed by atoms with van der Waals surface area (Å²) < 4.78 is 4.07. The first-order valence-electron chi connectivity index (χ1n) is 7.10. The molecule has 1 atom stereocenters. The Morgan fingerprint density at radius 2 is 1.81 bits per heavy atom. The molecule has 21 heavy (non-hydrogen) atoms. The van der Waals surface area contributed by atoms with E-state index in [2.05, 4.69) is 51.0 Å². The Bertz CT molecular complexity index is 641. The van der Waals surface area contributed by atoms with Gasteiger partial charge in [-0.1, -0.05) is 12.1 Å². The Balaban J connectivity index is 1.56. The summed E-state index contributed by atoms with van der Waals surface area (Å²) in [6.45, 7) is 4.03. The van der Waals surface area contributed by atoms with Gasteiger partial charge in [-0.3, -0.25) is 0 Å². The summed E-state index contributed by atoms with van der Waals surface area (Å²) >= 11 is 0. The zero-order valence-corrected chi connectivity index (χ0v) is 12.1. The average Bonchev–Trinajstić information content (AvgIpc) is 3.21. The Hall–Kier alpha value is -2.40. The molecule has 1 aromatic carbocycles. The van der Waals surface area contributed by atoms with Crippen LogP contribution in [0.1, 0.15) is 18.5 Å². The number of hydrogen-bond donors (Lipinski definition) is 1. The molecule has 0 radical (unpaired) electrons. The summed E-state index contributed by atoms with van der Waals surface area (Å²) in [5.74, 6) is 0. The zero-order valence-electron chi connectivity index (χ0n) is 12.1. The highest BCUT2D eigenvalue weighted by Crippen LogP contribution is 2.15. The van der Waals surface area contributed by atoms with E-state index in [1.54, 1.807) is 12.4 Å². The van der Waals surface area contributed by atoms with Gasteiger partial charge < -0.3 is 14.5 Å². The molecule has 0 saturated carbocycles. The number of nitrogens with one attached hydrogen (secondary N) is 1. The SMILES string of the molecule is CC(NCCn1ccnc1)c1ccc(-n2ccnc2)cc1. The predicted octanol–water partition coefficient (Wildman–Crippen LogP) is 2.42. The third kappa shape index (κ3) is 3.38. The number of aromatic nitrogens is 4. The van der Waals surface area contributed by atoms with Crippen LogP contribution in [0.4, 0.5) is 0 Å². The largest absolute Gasteiger partial charge is 0.336 e. The van der Waals surface area contributed by atoms with Gasteiger partial charge in [0, 0.05) is 49.6 Å². The topological polar surface area (TPSA) is 47.7 Å². The van der Waals surface area contributed by atoms with Gasteiger partial charge in [-0.15, -0.1) is 0 Å². The summed E-state index contributed by atoms with van der Waals surface area (Å²) in [5, 5.41) is 3.52. The van der Waals surface area contributed by atoms with Crippen molar-refractivity contribution in [2.75, 3.05) is 6.54 Å². The number of rotatable bonds is 6. The van der Waals surface area contributed by atoms with Crippen LogP contribution in [-0.2, 0) is 6.54 Å². The van der Waals surface area contributed by atoms with E-state index < -0.39 is 0 Å². The maximum absolute atomic E-state index is 4.06. The van der Waals surface area contributed by atoms with Gasteiger partial charge in [-0.2, -0.15) is 0 Å². The molecule has 108 valence electrons. The Morgan fingerprint density at radius 3 is 2.48 bits per heavy atom. The molecule has 5 heteroatoms. The average molecular weight is 281 g/mol. The third-order valence-corrected chi connectivity index (χ3v) is 3.58. The molecule has 0 spiro atoms. The van der Waals surface area contributed by atoms with Gasteiger partial charge >= 0.3 is 0 Å². The minimum atomic E-state index is 0.324. The molecular formula is C16H19N5. The van der Waals surface area contributed by atoms with Crippen molar-refractivity contribution in [1.82, 2.24) is 24.4 Å². The predicted molar refractivity (Wildman–Crippen MR) is 82.2 cm³/mol.